The fourth-order valence-corrected chi connectivity index (χ4v) is 4.66. The molecule has 0 unspecified atom stereocenters. The number of hydrogen-bond donors (Lipinski definition) is 0. The minimum absolute atomic E-state index is 0.405. The summed E-state index contributed by atoms with van der Waals surface area (Å²) in [6.07, 6.45) is 8.58. The Kier molecular flexibility index (Phi) is 10.4. The van der Waals surface area contributed by atoms with E-state index in [0.717, 1.165) is 45.3 Å². The van der Waals surface area contributed by atoms with Crippen molar-refractivity contribution in [3.8, 4) is 23.0 Å². The predicted octanol–water partition coefficient (Wildman–Crippen LogP) is 9.26. The van der Waals surface area contributed by atoms with Gasteiger partial charge in [-0.25, -0.2) is 0 Å². The maximum atomic E-state index is 6.22. The number of aryl methyl sites for hydroxylation is 4. The van der Waals surface area contributed by atoms with Crippen LogP contribution in [0, 0.1) is 27.7 Å². The Morgan fingerprint density at radius 3 is 0.659 bits per heavy atom. The van der Waals surface area contributed by atoms with Crippen LogP contribution in [0.15, 0.2) is 144 Å². The Morgan fingerprint density at radius 2 is 0.477 bits per heavy atom. The summed E-state index contributed by atoms with van der Waals surface area (Å²) in [5.74, 6) is 3.31. The zero-order valence-corrected chi connectivity index (χ0v) is 26.0. The van der Waals surface area contributed by atoms with Crippen LogP contribution in [0.25, 0.3) is 0 Å². The summed E-state index contributed by atoms with van der Waals surface area (Å²) >= 11 is 0. The van der Waals surface area contributed by atoms with Crippen LogP contribution in [-0.4, -0.2) is 26.4 Å². The maximum Gasteiger partial charge on any atom is 0.119 e. The Hall–Kier alpha value is -4.96. The fraction of sp³-hybridized carbons (Fsp3) is 0.200. The second-order valence-electron chi connectivity index (χ2n) is 11.3. The van der Waals surface area contributed by atoms with Crippen LogP contribution >= 0.6 is 0 Å². The van der Waals surface area contributed by atoms with Gasteiger partial charge in [0.15, 0.2) is 0 Å². The molecule has 1 aliphatic rings. The lowest BCUT2D eigenvalue weighted by atomic mass is 10.0. The molecule has 4 aromatic carbocycles. The highest BCUT2D eigenvalue weighted by molar-refractivity contribution is 5.46. The Labute approximate surface area is 261 Å². The van der Waals surface area contributed by atoms with Gasteiger partial charge >= 0.3 is 0 Å². The summed E-state index contributed by atoms with van der Waals surface area (Å²) in [4.78, 5) is 0. The largest absolute Gasteiger partial charge is 0.489 e. The number of ether oxygens (including phenoxy) is 4. The molecule has 4 heteroatoms. The molecular weight excluding hydrogens is 544 g/mol. The van der Waals surface area contributed by atoms with Gasteiger partial charge in [0.25, 0.3) is 0 Å². The highest BCUT2D eigenvalue weighted by Crippen LogP contribution is 2.23. The average molecular weight is 585 g/mol. The highest BCUT2D eigenvalue weighted by atomic mass is 16.5. The topological polar surface area (TPSA) is 36.9 Å². The molecule has 0 fully saturated rings. The Morgan fingerprint density at radius 1 is 0.295 bits per heavy atom. The minimum atomic E-state index is 0.405. The molecule has 0 N–H and O–H groups in total. The van der Waals surface area contributed by atoms with Crippen molar-refractivity contribution in [2.75, 3.05) is 26.4 Å². The summed E-state index contributed by atoms with van der Waals surface area (Å²) in [5.41, 5.74) is 8.85. The van der Waals surface area contributed by atoms with Gasteiger partial charge < -0.3 is 18.9 Å². The standard InChI is InChI=1S/C40H40O4/c1-29-5-13-37(14-6-29)41-25-33-21-34(26-42-38-15-7-30(2)8-16-38)23-36(28-44-40-19-11-32(4)12-20-40)24-35(22-33)27-43-39-17-9-31(3)10-18-39/h5-24H,25-28H2,1-4H3/b33-21+,33-22?,34-21?,34-23+,35-22+,35-24?,36-23?,36-24+. The Bertz CT molecular complexity index is 1370. The first-order valence-electron chi connectivity index (χ1n) is 15.0. The van der Waals surface area contributed by atoms with Crippen molar-refractivity contribution in [3.63, 3.8) is 0 Å². The van der Waals surface area contributed by atoms with Crippen LogP contribution in [0.5, 0.6) is 23.0 Å². The molecule has 5 rings (SSSR count). The lowest BCUT2D eigenvalue weighted by molar-refractivity contribution is 0.344. The lowest BCUT2D eigenvalue weighted by Crippen LogP contribution is -2.10. The summed E-state index contributed by atoms with van der Waals surface area (Å²) in [6, 6.07) is 32.5. The SMILES string of the molecule is Cc1ccc(OCC2=C/C(COc3ccc(C)cc3)=C\C(COc3ccc(C)cc3)=C/C(COc3ccc(C)cc3)=C\2)cc1. The van der Waals surface area contributed by atoms with E-state index in [-0.39, 0.29) is 0 Å². The zero-order chi connectivity index (χ0) is 30.7. The zero-order valence-electron chi connectivity index (χ0n) is 26.0. The second-order valence-corrected chi connectivity index (χ2v) is 11.3. The van der Waals surface area contributed by atoms with E-state index in [9.17, 15) is 0 Å². The number of rotatable bonds is 12. The van der Waals surface area contributed by atoms with E-state index in [2.05, 4.69) is 101 Å². The predicted molar refractivity (Wildman–Crippen MR) is 179 cm³/mol. The van der Waals surface area contributed by atoms with Crippen molar-refractivity contribution in [1.29, 1.82) is 0 Å². The van der Waals surface area contributed by atoms with Gasteiger partial charge in [0.1, 0.15) is 49.4 Å². The molecule has 0 atom stereocenters. The van der Waals surface area contributed by atoms with Crippen molar-refractivity contribution in [2.45, 2.75) is 27.7 Å². The molecule has 0 spiro atoms. The molecule has 0 radical (unpaired) electrons. The quantitative estimate of drug-likeness (QED) is 0.166. The third-order valence-corrected chi connectivity index (χ3v) is 7.19. The molecule has 0 heterocycles. The van der Waals surface area contributed by atoms with Gasteiger partial charge in [-0.1, -0.05) is 70.8 Å². The van der Waals surface area contributed by atoms with E-state index < -0.39 is 0 Å². The van der Waals surface area contributed by atoms with Gasteiger partial charge in [-0.3, -0.25) is 0 Å². The highest BCUT2D eigenvalue weighted by Gasteiger charge is 2.11. The molecule has 0 saturated carbocycles. The van der Waals surface area contributed by atoms with Gasteiger partial charge in [-0.15, -0.1) is 0 Å². The third kappa shape index (κ3) is 9.53. The van der Waals surface area contributed by atoms with Crippen molar-refractivity contribution < 1.29 is 18.9 Å². The molecule has 1 aliphatic carbocycles. The van der Waals surface area contributed by atoms with Gasteiger partial charge in [0.05, 0.1) is 0 Å². The fourth-order valence-electron chi connectivity index (χ4n) is 4.66. The van der Waals surface area contributed by atoms with Crippen LogP contribution < -0.4 is 18.9 Å². The monoisotopic (exact) mass is 584 g/mol. The van der Waals surface area contributed by atoms with Crippen molar-refractivity contribution in [1.82, 2.24) is 0 Å². The van der Waals surface area contributed by atoms with E-state index >= 15 is 0 Å². The van der Waals surface area contributed by atoms with Crippen molar-refractivity contribution >= 4 is 0 Å². The van der Waals surface area contributed by atoms with Crippen molar-refractivity contribution in [2.24, 2.45) is 0 Å². The average Bonchev–Trinajstić information content (AvgIpc) is 3.02. The molecule has 44 heavy (non-hydrogen) atoms. The molecule has 4 aromatic rings. The first-order chi connectivity index (χ1) is 21.4. The normalized spacial score (nSPS) is 17.7. The van der Waals surface area contributed by atoms with Crippen LogP contribution in [-0.2, 0) is 0 Å². The van der Waals surface area contributed by atoms with Crippen molar-refractivity contribution in [3.05, 3.63) is 166 Å². The molecule has 0 bridgehead atoms. The second kappa shape index (κ2) is 15.0. The van der Waals surface area contributed by atoms with Crippen LogP contribution in [0.2, 0.25) is 0 Å². The molecule has 224 valence electrons. The first-order valence-corrected chi connectivity index (χ1v) is 15.0. The van der Waals surface area contributed by atoms with E-state index in [1.165, 1.54) is 22.3 Å². The van der Waals surface area contributed by atoms with Crippen LogP contribution in [0.3, 0.4) is 0 Å². The molecule has 0 aromatic heterocycles. The Balaban J connectivity index is 1.42. The minimum Gasteiger partial charge on any atom is -0.489 e. The smallest absolute Gasteiger partial charge is 0.119 e. The van der Waals surface area contributed by atoms with Crippen LogP contribution in [0.1, 0.15) is 22.3 Å². The molecular formula is C40H40O4. The molecule has 0 amide bonds. The summed E-state index contributed by atoms with van der Waals surface area (Å²) < 4.78 is 24.9. The molecule has 4 nitrogen and oxygen atoms in total. The summed E-state index contributed by atoms with van der Waals surface area (Å²) in [7, 11) is 0. The van der Waals surface area contributed by atoms with E-state index in [0.29, 0.717) is 26.4 Å². The van der Waals surface area contributed by atoms with E-state index in [1.54, 1.807) is 0 Å². The van der Waals surface area contributed by atoms with E-state index in [1.807, 2.05) is 48.5 Å². The number of hydrogen-bond acceptors (Lipinski definition) is 4. The summed E-state index contributed by atoms with van der Waals surface area (Å²) in [5, 5.41) is 0. The number of benzene rings is 4. The third-order valence-electron chi connectivity index (χ3n) is 7.19. The van der Waals surface area contributed by atoms with Gasteiger partial charge in [-0.05, 0) is 123 Å². The molecule has 0 aliphatic heterocycles. The van der Waals surface area contributed by atoms with Gasteiger partial charge in [0.2, 0.25) is 0 Å². The van der Waals surface area contributed by atoms with Crippen LogP contribution in [0.4, 0.5) is 0 Å². The first kappa shape index (κ1) is 30.5. The van der Waals surface area contributed by atoms with E-state index in [4.69, 9.17) is 18.9 Å². The van der Waals surface area contributed by atoms with Gasteiger partial charge in [0, 0.05) is 0 Å². The lowest BCUT2D eigenvalue weighted by Gasteiger charge is -2.17. The van der Waals surface area contributed by atoms with Gasteiger partial charge in [-0.2, -0.15) is 0 Å². The summed E-state index contributed by atoms with van der Waals surface area (Å²) in [6.45, 7) is 9.90. The molecule has 0 saturated heterocycles. The maximum absolute atomic E-state index is 6.22.